The van der Waals surface area contributed by atoms with Crippen LogP contribution in [0.5, 0.6) is 0 Å². The minimum Gasteiger partial charge on any atom is -0.475 e. The number of hydrogen-bond acceptors (Lipinski definition) is 2. The van der Waals surface area contributed by atoms with Crippen LogP contribution in [0.2, 0.25) is 0 Å². The van der Waals surface area contributed by atoms with Gasteiger partial charge >= 0.3 is 5.97 Å². The Hall–Kier alpha value is -1.25. The van der Waals surface area contributed by atoms with E-state index in [1.807, 2.05) is 6.07 Å². The Balaban J connectivity index is 2.27. The quantitative estimate of drug-likeness (QED) is 0.787. The van der Waals surface area contributed by atoms with Gasteiger partial charge in [-0.2, -0.15) is 0 Å². The van der Waals surface area contributed by atoms with Gasteiger partial charge in [0.25, 0.3) is 0 Å². The van der Waals surface area contributed by atoms with Crippen LogP contribution in [0, 0.1) is 6.92 Å². The Labute approximate surface area is 82.7 Å². The number of aromatic carboxylic acids is 1. The van der Waals surface area contributed by atoms with Gasteiger partial charge in [0, 0.05) is 11.5 Å². The van der Waals surface area contributed by atoms with Crippen molar-refractivity contribution in [2.75, 3.05) is 0 Å². The zero-order chi connectivity index (χ0) is 10.1. The van der Waals surface area contributed by atoms with Crippen molar-refractivity contribution in [3.63, 3.8) is 0 Å². The summed E-state index contributed by atoms with van der Waals surface area (Å²) in [5.41, 5.74) is 0.736. The minimum atomic E-state index is -0.966. The smallest absolute Gasteiger partial charge is 0.372 e. The van der Waals surface area contributed by atoms with E-state index in [2.05, 4.69) is 0 Å². The first-order chi connectivity index (χ1) is 6.68. The molecule has 1 aromatic heterocycles. The highest BCUT2D eigenvalue weighted by molar-refractivity contribution is 5.86. The fourth-order valence-corrected chi connectivity index (χ4v) is 2.13. The van der Waals surface area contributed by atoms with Crippen LogP contribution in [0.25, 0.3) is 0 Å². The van der Waals surface area contributed by atoms with Gasteiger partial charge in [0.2, 0.25) is 5.76 Å². The second-order valence-electron chi connectivity index (χ2n) is 3.95. The molecule has 0 bridgehead atoms. The third-order valence-electron chi connectivity index (χ3n) is 2.89. The molecule has 0 amide bonds. The van der Waals surface area contributed by atoms with Crippen molar-refractivity contribution in [3.05, 3.63) is 23.2 Å². The SMILES string of the molecule is Cc1cc(C2CCCC2)oc1C(=O)O. The zero-order valence-electron chi connectivity index (χ0n) is 8.25. The summed E-state index contributed by atoms with van der Waals surface area (Å²) in [5.74, 6) is 0.442. The minimum absolute atomic E-state index is 0.104. The molecule has 76 valence electrons. The third kappa shape index (κ3) is 1.54. The molecule has 0 unspecified atom stereocenters. The van der Waals surface area contributed by atoms with E-state index in [-0.39, 0.29) is 5.76 Å². The summed E-state index contributed by atoms with van der Waals surface area (Å²) >= 11 is 0. The van der Waals surface area contributed by atoms with Gasteiger partial charge in [0.1, 0.15) is 5.76 Å². The number of carboxylic acid groups (broad SMARTS) is 1. The van der Waals surface area contributed by atoms with Crippen molar-refractivity contribution in [2.45, 2.75) is 38.5 Å². The lowest BCUT2D eigenvalue weighted by molar-refractivity contribution is 0.0658. The number of hydrogen-bond donors (Lipinski definition) is 1. The van der Waals surface area contributed by atoms with E-state index in [0.29, 0.717) is 5.92 Å². The Bertz CT molecular complexity index is 345. The van der Waals surface area contributed by atoms with Gasteiger partial charge in [-0.3, -0.25) is 0 Å². The van der Waals surface area contributed by atoms with Gasteiger partial charge in [-0.25, -0.2) is 4.79 Å². The van der Waals surface area contributed by atoms with Crippen molar-refractivity contribution >= 4 is 5.97 Å². The van der Waals surface area contributed by atoms with E-state index in [1.165, 1.54) is 12.8 Å². The zero-order valence-corrected chi connectivity index (χ0v) is 8.25. The third-order valence-corrected chi connectivity index (χ3v) is 2.89. The molecule has 3 nitrogen and oxygen atoms in total. The standard InChI is InChI=1S/C11H14O3/c1-7-6-9(8-4-2-3-5-8)14-10(7)11(12)13/h6,8H,2-5H2,1H3,(H,12,13). The summed E-state index contributed by atoms with van der Waals surface area (Å²) in [6, 6.07) is 1.87. The molecule has 0 aromatic carbocycles. The fourth-order valence-electron chi connectivity index (χ4n) is 2.13. The van der Waals surface area contributed by atoms with Crippen molar-refractivity contribution in [3.8, 4) is 0 Å². The van der Waals surface area contributed by atoms with E-state index in [1.54, 1.807) is 6.92 Å². The topological polar surface area (TPSA) is 50.4 Å². The first-order valence-corrected chi connectivity index (χ1v) is 5.02. The highest BCUT2D eigenvalue weighted by Crippen LogP contribution is 2.35. The van der Waals surface area contributed by atoms with Gasteiger partial charge in [0.05, 0.1) is 0 Å². The second kappa shape index (κ2) is 3.48. The number of rotatable bonds is 2. The molecule has 2 rings (SSSR count). The van der Waals surface area contributed by atoms with Crippen LogP contribution >= 0.6 is 0 Å². The average molecular weight is 194 g/mol. The summed E-state index contributed by atoms with van der Waals surface area (Å²) < 4.78 is 5.36. The van der Waals surface area contributed by atoms with Crippen LogP contribution < -0.4 is 0 Å². The molecule has 1 aromatic rings. The highest BCUT2D eigenvalue weighted by atomic mass is 16.4. The molecule has 1 fully saturated rings. The molecular weight excluding hydrogens is 180 g/mol. The maximum absolute atomic E-state index is 10.8. The summed E-state index contributed by atoms with van der Waals surface area (Å²) in [4.78, 5) is 10.8. The van der Waals surface area contributed by atoms with Gasteiger partial charge in [0.15, 0.2) is 0 Å². The Morgan fingerprint density at radius 2 is 2.14 bits per heavy atom. The van der Waals surface area contributed by atoms with Crippen LogP contribution in [0.1, 0.15) is 53.5 Å². The molecule has 1 heterocycles. The lowest BCUT2D eigenvalue weighted by Gasteiger charge is -2.02. The van der Waals surface area contributed by atoms with Gasteiger partial charge < -0.3 is 9.52 Å². The summed E-state index contributed by atoms with van der Waals surface area (Å²) in [6.07, 6.45) is 4.72. The molecule has 0 saturated heterocycles. The van der Waals surface area contributed by atoms with Crippen LogP contribution in [0.15, 0.2) is 10.5 Å². The first kappa shape index (κ1) is 9.31. The Kier molecular flexibility index (Phi) is 2.32. The Morgan fingerprint density at radius 1 is 1.50 bits per heavy atom. The molecule has 1 aliphatic rings. The predicted molar refractivity (Wildman–Crippen MR) is 51.6 cm³/mol. The number of aryl methyl sites for hydroxylation is 1. The second-order valence-corrected chi connectivity index (χ2v) is 3.95. The summed E-state index contributed by atoms with van der Waals surface area (Å²) in [5, 5.41) is 8.83. The van der Waals surface area contributed by atoms with Gasteiger partial charge in [-0.05, 0) is 25.8 Å². The largest absolute Gasteiger partial charge is 0.475 e. The van der Waals surface area contributed by atoms with Crippen molar-refractivity contribution < 1.29 is 14.3 Å². The molecular formula is C11H14O3. The van der Waals surface area contributed by atoms with Crippen LogP contribution in [0.4, 0.5) is 0 Å². The van der Waals surface area contributed by atoms with Crippen LogP contribution in [-0.4, -0.2) is 11.1 Å². The van der Waals surface area contributed by atoms with Crippen molar-refractivity contribution in [1.82, 2.24) is 0 Å². The molecule has 0 aliphatic heterocycles. The van der Waals surface area contributed by atoms with E-state index in [9.17, 15) is 4.79 Å². The van der Waals surface area contributed by atoms with E-state index in [4.69, 9.17) is 9.52 Å². The maximum Gasteiger partial charge on any atom is 0.372 e. The lowest BCUT2D eigenvalue weighted by atomic mass is 10.1. The molecule has 0 spiro atoms. The number of carbonyl (C=O) groups is 1. The average Bonchev–Trinajstić information content (AvgIpc) is 2.70. The summed E-state index contributed by atoms with van der Waals surface area (Å²) in [7, 11) is 0. The maximum atomic E-state index is 10.8. The van der Waals surface area contributed by atoms with Gasteiger partial charge in [-0.1, -0.05) is 12.8 Å². The Morgan fingerprint density at radius 3 is 2.64 bits per heavy atom. The number of furan rings is 1. The predicted octanol–water partition coefficient (Wildman–Crippen LogP) is 2.94. The molecule has 14 heavy (non-hydrogen) atoms. The molecule has 0 radical (unpaired) electrons. The van der Waals surface area contributed by atoms with Crippen LogP contribution in [0.3, 0.4) is 0 Å². The first-order valence-electron chi connectivity index (χ1n) is 5.02. The summed E-state index contributed by atoms with van der Waals surface area (Å²) in [6.45, 7) is 1.78. The normalized spacial score (nSPS) is 17.5. The fraction of sp³-hybridized carbons (Fsp3) is 0.545. The molecule has 1 aliphatic carbocycles. The van der Waals surface area contributed by atoms with Gasteiger partial charge in [-0.15, -0.1) is 0 Å². The molecule has 1 saturated carbocycles. The molecule has 1 N–H and O–H groups in total. The highest BCUT2D eigenvalue weighted by Gasteiger charge is 2.23. The van der Waals surface area contributed by atoms with E-state index >= 15 is 0 Å². The molecule has 0 atom stereocenters. The monoisotopic (exact) mass is 194 g/mol. The van der Waals surface area contributed by atoms with Crippen LogP contribution in [-0.2, 0) is 0 Å². The lowest BCUT2D eigenvalue weighted by Crippen LogP contribution is -1.95. The molecule has 3 heteroatoms. The van der Waals surface area contributed by atoms with Crippen molar-refractivity contribution in [1.29, 1.82) is 0 Å². The van der Waals surface area contributed by atoms with E-state index in [0.717, 1.165) is 24.2 Å². The van der Waals surface area contributed by atoms with E-state index < -0.39 is 5.97 Å². The van der Waals surface area contributed by atoms with Crippen molar-refractivity contribution in [2.24, 2.45) is 0 Å². The number of carboxylic acids is 1.